The maximum Gasteiger partial charge on any atom is 0.233 e. The number of benzene rings is 2. The fourth-order valence-corrected chi connectivity index (χ4v) is 3.82. The van der Waals surface area contributed by atoms with Gasteiger partial charge in [-0.3, -0.25) is 9.59 Å². The van der Waals surface area contributed by atoms with Crippen LogP contribution in [0, 0.1) is 17.6 Å². The van der Waals surface area contributed by atoms with E-state index in [4.69, 9.17) is 10.5 Å². The number of rotatable bonds is 4. The molecule has 0 aromatic heterocycles. The van der Waals surface area contributed by atoms with Crippen molar-refractivity contribution in [1.82, 2.24) is 10.6 Å². The lowest BCUT2D eigenvalue weighted by molar-refractivity contribution is -0.134. The van der Waals surface area contributed by atoms with Crippen LogP contribution in [0.3, 0.4) is 0 Å². The first-order chi connectivity index (χ1) is 16.3. The van der Waals surface area contributed by atoms with Crippen LogP contribution in [0.4, 0.5) is 8.78 Å². The van der Waals surface area contributed by atoms with E-state index in [0.717, 1.165) is 23.8 Å². The number of nitrogens with two attached hydrogens (primary N) is 1. The molecule has 9 heteroatoms. The third kappa shape index (κ3) is 7.44. The highest BCUT2D eigenvalue weighted by Gasteiger charge is 2.29. The van der Waals surface area contributed by atoms with E-state index in [0.29, 0.717) is 6.61 Å². The van der Waals surface area contributed by atoms with Gasteiger partial charge in [0.25, 0.3) is 0 Å². The lowest BCUT2D eigenvalue weighted by Gasteiger charge is -2.28. The van der Waals surface area contributed by atoms with Gasteiger partial charge in [-0.15, -0.1) is 0 Å². The molecule has 2 aromatic rings. The van der Waals surface area contributed by atoms with Crippen LogP contribution in [-0.4, -0.2) is 48.8 Å². The van der Waals surface area contributed by atoms with E-state index in [1.54, 1.807) is 12.2 Å². The van der Waals surface area contributed by atoms with Gasteiger partial charge < -0.3 is 26.2 Å². The average Bonchev–Trinajstić information content (AvgIpc) is 2.78. The lowest BCUT2D eigenvalue weighted by atomic mass is 9.97. The van der Waals surface area contributed by atoms with Crippen molar-refractivity contribution in [1.29, 1.82) is 0 Å². The van der Waals surface area contributed by atoms with Crippen molar-refractivity contribution < 1.29 is 28.2 Å². The Kier molecular flexibility index (Phi) is 9.26. The van der Waals surface area contributed by atoms with E-state index in [-0.39, 0.29) is 37.6 Å². The summed E-state index contributed by atoms with van der Waals surface area (Å²) in [7, 11) is 0. The SMILES string of the molecule is NC(=O)[C@@H]1CC=CCOC[C@@H](c2ccccc2)NC[C@@H](O)[C@H](Cc2cc(F)cc(F)c2)NC1=O. The minimum atomic E-state index is -1.16. The average molecular weight is 474 g/mol. The van der Waals surface area contributed by atoms with E-state index in [9.17, 15) is 23.5 Å². The number of nitrogens with one attached hydrogen (secondary N) is 2. The van der Waals surface area contributed by atoms with E-state index in [1.165, 1.54) is 0 Å². The number of ether oxygens (including phenoxy) is 1. The van der Waals surface area contributed by atoms with Crippen LogP contribution >= 0.6 is 0 Å². The molecule has 0 saturated heterocycles. The second-order valence-corrected chi connectivity index (χ2v) is 8.24. The van der Waals surface area contributed by atoms with E-state index in [1.807, 2.05) is 30.3 Å². The molecule has 34 heavy (non-hydrogen) atoms. The van der Waals surface area contributed by atoms with E-state index < -0.39 is 41.5 Å². The van der Waals surface area contributed by atoms with Crippen LogP contribution in [0.1, 0.15) is 23.6 Å². The number of hydrogen-bond acceptors (Lipinski definition) is 5. The molecule has 0 fully saturated rings. The molecule has 0 aliphatic carbocycles. The Morgan fingerprint density at radius 3 is 2.50 bits per heavy atom. The molecule has 0 spiro atoms. The third-order valence-electron chi connectivity index (χ3n) is 5.64. The van der Waals surface area contributed by atoms with Gasteiger partial charge in [-0.25, -0.2) is 8.78 Å². The number of halogens is 2. The van der Waals surface area contributed by atoms with Gasteiger partial charge in [-0.1, -0.05) is 42.5 Å². The van der Waals surface area contributed by atoms with Gasteiger partial charge in [0.05, 0.1) is 31.4 Å². The molecular formula is C25H29F2N3O4. The third-order valence-corrected chi connectivity index (χ3v) is 5.64. The van der Waals surface area contributed by atoms with Gasteiger partial charge in [-0.05, 0) is 36.1 Å². The van der Waals surface area contributed by atoms with Crippen molar-refractivity contribution in [3.8, 4) is 0 Å². The maximum absolute atomic E-state index is 13.7. The van der Waals surface area contributed by atoms with Crippen molar-refractivity contribution in [2.24, 2.45) is 11.7 Å². The smallest absolute Gasteiger partial charge is 0.233 e. The van der Waals surface area contributed by atoms with E-state index >= 15 is 0 Å². The normalized spacial score (nSPS) is 24.7. The highest BCUT2D eigenvalue weighted by Crippen LogP contribution is 2.16. The number of primary amides is 1. The number of aliphatic hydroxyl groups excluding tert-OH is 1. The Bertz CT molecular complexity index is 983. The summed E-state index contributed by atoms with van der Waals surface area (Å²) in [6.07, 6.45) is 2.20. The molecule has 0 saturated carbocycles. The molecule has 1 aliphatic heterocycles. The topological polar surface area (TPSA) is 114 Å². The van der Waals surface area contributed by atoms with Crippen LogP contribution < -0.4 is 16.4 Å². The van der Waals surface area contributed by atoms with Crippen molar-refractivity contribution in [2.75, 3.05) is 19.8 Å². The van der Waals surface area contributed by atoms with Crippen LogP contribution in [0.15, 0.2) is 60.7 Å². The zero-order valence-electron chi connectivity index (χ0n) is 18.6. The molecule has 3 rings (SSSR count). The highest BCUT2D eigenvalue weighted by molar-refractivity contribution is 5.99. The largest absolute Gasteiger partial charge is 0.390 e. The van der Waals surface area contributed by atoms with Crippen molar-refractivity contribution in [3.05, 3.63) is 83.4 Å². The van der Waals surface area contributed by atoms with Crippen LogP contribution in [0.2, 0.25) is 0 Å². The summed E-state index contributed by atoms with van der Waals surface area (Å²) in [4.78, 5) is 24.7. The zero-order chi connectivity index (χ0) is 24.5. The second kappa shape index (κ2) is 12.4. The Balaban J connectivity index is 1.86. The number of carbonyl (C=O) groups excluding carboxylic acids is 2. The molecule has 2 aromatic carbocycles. The molecule has 2 amide bonds. The van der Waals surface area contributed by atoms with Crippen LogP contribution in [0.5, 0.6) is 0 Å². The quantitative estimate of drug-likeness (QED) is 0.399. The van der Waals surface area contributed by atoms with Gasteiger partial charge >= 0.3 is 0 Å². The summed E-state index contributed by atoms with van der Waals surface area (Å²) in [6.45, 7) is 0.629. The van der Waals surface area contributed by atoms with Gasteiger partial charge in [0, 0.05) is 12.6 Å². The van der Waals surface area contributed by atoms with Crippen molar-refractivity contribution in [3.63, 3.8) is 0 Å². The monoisotopic (exact) mass is 473 g/mol. The highest BCUT2D eigenvalue weighted by atomic mass is 19.1. The minimum Gasteiger partial charge on any atom is -0.390 e. The van der Waals surface area contributed by atoms with E-state index in [2.05, 4.69) is 10.6 Å². The Morgan fingerprint density at radius 1 is 1.12 bits per heavy atom. The Hall–Kier alpha value is -3.14. The summed E-state index contributed by atoms with van der Waals surface area (Å²) in [5, 5.41) is 16.8. The maximum atomic E-state index is 13.7. The molecule has 7 nitrogen and oxygen atoms in total. The predicted molar refractivity (Wildman–Crippen MR) is 122 cm³/mol. The molecule has 1 aliphatic rings. The summed E-state index contributed by atoms with van der Waals surface area (Å²) in [5.41, 5.74) is 6.61. The number of β-amino-alcohol motifs (C(OH)–C–C–N with tert-alkyl or cyclic N) is 1. The summed E-state index contributed by atoms with van der Waals surface area (Å²) < 4.78 is 33.2. The fourth-order valence-electron chi connectivity index (χ4n) is 3.82. The summed E-state index contributed by atoms with van der Waals surface area (Å²) >= 11 is 0. The second-order valence-electron chi connectivity index (χ2n) is 8.24. The predicted octanol–water partition coefficient (Wildman–Crippen LogP) is 1.76. The van der Waals surface area contributed by atoms with Gasteiger partial charge in [0.1, 0.15) is 17.6 Å². The van der Waals surface area contributed by atoms with Crippen LogP contribution in [-0.2, 0) is 20.7 Å². The summed E-state index contributed by atoms with van der Waals surface area (Å²) in [5.74, 6) is -4.19. The molecule has 0 unspecified atom stereocenters. The number of carbonyl (C=O) groups is 2. The lowest BCUT2D eigenvalue weighted by Crippen LogP contribution is -2.52. The van der Waals surface area contributed by atoms with Crippen molar-refractivity contribution >= 4 is 11.8 Å². The van der Waals surface area contributed by atoms with Gasteiger partial charge in [0.2, 0.25) is 11.8 Å². The number of hydrogen-bond donors (Lipinski definition) is 4. The van der Waals surface area contributed by atoms with Gasteiger partial charge in [-0.2, -0.15) is 0 Å². The Labute approximate surface area is 197 Å². The fraction of sp³-hybridized carbons (Fsp3) is 0.360. The molecular weight excluding hydrogens is 444 g/mol. The minimum absolute atomic E-state index is 0.0444. The summed E-state index contributed by atoms with van der Waals surface area (Å²) in [6, 6.07) is 11.4. The molecule has 0 radical (unpaired) electrons. The Morgan fingerprint density at radius 2 is 1.82 bits per heavy atom. The van der Waals surface area contributed by atoms with Crippen molar-refractivity contribution in [2.45, 2.75) is 31.0 Å². The molecule has 4 atom stereocenters. The van der Waals surface area contributed by atoms with Gasteiger partial charge in [0.15, 0.2) is 0 Å². The standard InChI is InChI=1S/C25H29F2N3O4/c26-18-10-16(11-19(27)13-18)12-21-23(31)14-29-22(17-6-2-1-3-7-17)15-34-9-5-4-8-20(24(28)32)25(33)30-21/h1-7,10-11,13,20-23,29,31H,8-9,12,14-15H2,(H2,28,32)(H,30,33)/t20-,21-,22-,23+/m0/s1. The number of allylic oxidation sites excluding steroid dienone is 1. The van der Waals surface area contributed by atoms with Crippen LogP contribution in [0.25, 0.3) is 0 Å². The first-order valence-electron chi connectivity index (χ1n) is 11.1. The molecule has 182 valence electrons. The number of amides is 2. The first-order valence-corrected chi connectivity index (χ1v) is 11.1. The first kappa shape index (κ1) is 25.5. The zero-order valence-corrected chi connectivity index (χ0v) is 18.6. The molecule has 0 bridgehead atoms. The molecule has 5 N–H and O–H groups in total. The molecule has 1 heterocycles. The number of aliphatic hydroxyl groups is 1.